The summed E-state index contributed by atoms with van der Waals surface area (Å²) in [5.74, 6) is 0.744. The molecule has 2 rings (SSSR count). The van der Waals surface area contributed by atoms with Crippen molar-refractivity contribution in [1.82, 2.24) is 5.32 Å². The van der Waals surface area contributed by atoms with Crippen LogP contribution in [0, 0.1) is 6.92 Å². The molecule has 0 aliphatic heterocycles. The Hall–Kier alpha value is -1.03. The second-order valence-electron chi connectivity index (χ2n) is 5.42. The lowest BCUT2D eigenvalue weighted by Crippen LogP contribution is -2.40. The van der Waals surface area contributed by atoms with E-state index in [2.05, 4.69) is 21.2 Å². The molecule has 2 unspecified atom stereocenters. The van der Waals surface area contributed by atoms with Gasteiger partial charge >= 0.3 is 0 Å². The Kier molecular flexibility index (Phi) is 5.46. The lowest BCUT2D eigenvalue weighted by Gasteiger charge is -2.21. The van der Waals surface area contributed by atoms with E-state index in [9.17, 15) is 4.79 Å². The van der Waals surface area contributed by atoms with E-state index < -0.39 is 0 Å². The molecule has 0 radical (unpaired) electrons. The van der Waals surface area contributed by atoms with E-state index >= 15 is 0 Å². The number of ether oxygens (including phenoxy) is 1. The van der Waals surface area contributed by atoms with Crippen LogP contribution in [-0.4, -0.2) is 23.9 Å². The van der Waals surface area contributed by atoms with Gasteiger partial charge in [-0.3, -0.25) is 4.79 Å². The van der Waals surface area contributed by atoms with Gasteiger partial charge in [-0.25, -0.2) is 0 Å². The molecule has 3 nitrogen and oxygen atoms in total. The maximum absolute atomic E-state index is 12.4. The zero-order valence-electron chi connectivity index (χ0n) is 12.1. The largest absolute Gasteiger partial charge is 0.496 e. The molecule has 2 atom stereocenters. The molecule has 0 heterocycles. The number of carbonyl (C=O) groups excluding carboxylic acids is 1. The van der Waals surface area contributed by atoms with E-state index in [0.717, 1.165) is 24.2 Å². The molecular formula is C16H22BrNO2. The average Bonchev–Trinajstić information content (AvgIpc) is 2.64. The van der Waals surface area contributed by atoms with Gasteiger partial charge in [-0.15, -0.1) is 0 Å². The van der Waals surface area contributed by atoms with Gasteiger partial charge in [0.05, 0.1) is 7.11 Å². The second kappa shape index (κ2) is 7.11. The van der Waals surface area contributed by atoms with Crippen LogP contribution in [0.2, 0.25) is 0 Å². The van der Waals surface area contributed by atoms with Crippen molar-refractivity contribution < 1.29 is 9.53 Å². The molecule has 0 aromatic heterocycles. The van der Waals surface area contributed by atoms with Crippen molar-refractivity contribution in [2.24, 2.45) is 0 Å². The minimum absolute atomic E-state index is 0.0142. The summed E-state index contributed by atoms with van der Waals surface area (Å²) in [7, 11) is 1.63. The van der Waals surface area contributed by atoms with Crippen molar-refractivity contribution in [2.45, 2.75) is 49.9 Å². The number of halogens is 1. The number of carbonyl (C=O) groups is 1. The monoisotopic (exact) mass is 339 g/mol. The number of hydrogen-bond donors (Lipinski definition) is 1. The number of benzene rings is 1. The molecule has 1 aromatic rings. The van der Waals surface area contributed by atoms with Crippen LogP contribution in [0.5, 0.6) is 5.75 Å². The highest BCUT2D eigenvalue weighted by molar-refractivity contribution is 9.09. The molecule has 1 N–H and O–H groups in total. The highest BCUT2D eigenvalue weighted by atomic mass is 79.9. The molecule has 1 amide bonds. The van der Waals surface area contributed by atoms with Crippen LogP contribution < -0.4 is 10.1 Å². The lowest BCUT2D eigenvalue weighted by atomic mass is 10.1. The van der Waals surface area contributed by atoms with Crippen LogP contribution in [0.15, 0.2) is 18.2 Å². The maximum atomic E-state index is 12.4. The zero-order chi connectivity index (χ0) is 14.5. The van der Waals surface area contributed by atoms with E-state index in [4.69, 9.17) is 4.74 Å². The summed E-state index contributed by atoms with van der Waals surface area (Å²) < 4.78 is 5.28. The Morgan fingerprint density at radius 1 is 1.30 bits per heavy atom. The van der Waals surface area contributed by atoms with E-state index in [1.54, 1.807) is 7.11 Å². The van der Waals surface area contributed by atoms with Gasteiger partial charge in [-0.1, -0.05) is 41.3 Å². The third-order valence-corrected chi connectivity index (χ3v) is 5.01. The first-order valence-corrected chi connectivity index (χ1v) is 8.13. The molecule has 0 spiro atoms. The minimum Gasteiger partial charge on any atom is -0.496 e. The Labute approximate surface area is 129 Å². The first-order valence-electron chi connectivity index (χ1n) is 7.21. The van der Waals surface area contributed by atoms with Gasteiger partial charge in [0.15, 0.2) is 0 Å². The molecule has 0 bridgehead atoms. The standard InChI is InChI=1S/C16H22BrNO2/c1-11-8-9-12(10-15(11)20-2)16(19)18-14-7-5-3-4-6-13(14)17/h8-10,13-14H,3-7H2,1-2H3,(H,18,19). The summed E-state index contributed by atoms with van der Waals surface area (Å²) >= 11 is 3.71. The molecule has 1 aromatic carbocycles. The van der Waals surface area contributed by atoms with Crippen molar-refractivity contribution in [1.29, 1.82) is 0 Å². The van der Waals surface area contributed by atoms with Gasteiger partial charge < -0.3 is 10.1 Å². The van der Waals surface area contributed by atoms with Gasteiger partial charge in [0.25, 0.3) is 5.91 Å². The zero-order valence-corrected chi connectivity index (χ0v) is 13.7. The molecule has 0 saturated heterocycles. The SMILES string of the molecule is COc1cc(C(=O)NC2CCCCCC2Br)ccc1C. The number of aryl methyl sites for hydroxylation is 1. The summed E-state index contributed by atoms with van der Waals surface area (Å²) in [5, 5.41) is 3.15. The molecule has 1 aliphatic carbocycles. The third kappa shape index (κ3) is 3.75. The highest BCUT2D eigenvalue weighted by Crippen LogP contribution is 2.24. The number of methoxy groups -OCH3 is 1. The normalized spacial score (nSPS) is 22.9. The van der Waals surface area contributed by atoms with E-state index in [1.807, 2.05) is 25.1 Å². The van der Waals surface area contributed by atoms with Crippen LogP contribution in [-0.2, 0) is 0 Å². The number of rotatable bonds is 3. The van der Waals surface area contributed by atoms with Crippen LogP contribution in [0.25, 0.3) is 0 Å². The Morgan fingerprint density at radius 2 is 2.05 bits per heavy atom. The van der Waals surface area contributed by atoms with Crippen LogP contribution in [0.1, 0.15) is 48.0 Å². The molecule has 1 fully saturated rings. The summed E-state index contributed by atoms with van der Waals surface area (Å²) in [6, 6.07) is 5.81. The molecule has 110 valence electrons. The molecule has 20 heavy (non-hydrogen) atoms. The van der Waals surface area contributed by atoms with Crippen molar-refractivity contribution >= 4 is 21.8 Å². The fourth-order valence-corrected chi connectivity index (χ4v) is 3.36. The van der Waals surface area contributed by atoms with Gasteiger partial charge in [0, 0.05) is 16.4 Å². The maximum Gasteiger partial charge on any atom is 0.251 e. The predicted molar refractivity (Wildman–Crippen MR) is 84.8 cm³/mol. The van der Waals surface area contributed by atoms with E-state index in [0.29, 0.717) is 10.4 Å². The van der Waals surface area contributed by atoms with Crippen molar-refractivity contribution in [2.75, 3.05) is 7.11 Å². The van der Waals surface area contributed by atoms with E-state index in [-0.39, 0.29) is 11.9 Å². The summed E-state index contributed by atoms with van der Waals surface area (Å²) in [4.78, 5) is 12.7. The van der Waals surface area contributed by atoms with Gasteiger partial charge in [-0.05, 0) is 37.5 Å². The van der Waals surface area contributed by atoms with E-state index in [1.165, 1.54) is 19.3 Å². The second-order valence-corrected chi connectivity index (χ2v) is 6.59. The van der Waals surface area contributed by atoms with Crippen molar-refractivity contribution in [3.8, 4) is 5.75 Å². The predicted octanol–water partition coefficient (Wildman–Crippen LogP) is 3.83. The third-order valence-electron chi connectivity index (χ3n) is 3.92. The lowest BCUT2D eigenvalue weighted by molar-refractivity contribution is 0.0934. The average molecular weight is 340 g/mol. The highest BCUT2D eigenvalue weighted by Gasteiger charge is 2.23. The summed E-state index contributed by atoms with van der Waals surface area (Å²) in [5.41, 5.74) is 1.70. The minimum atomic E-state index is -0.0142. The van der Waals surface area contributed by atoms with Gasteiger partial charge in [0.2, 0.25) is 0 Å². The number of amides is 1. The van der Waals surface area contributed by atoms with Crippen molar-refractivity contribution in [3.63, 3.8) is 0 Å². The molecule has 1 aliphatic rings. The summed E-state index contributed by atoms with van der Waals surface area (Å²) in [6.07, 6.45) is 5.85. The Balaban J connectivity index is 2.07. The molecular weight excluding hydrogens is 318 g/mol. The fourth-order valence-electron chi connectivity index (χ4n) is 2.64. The Morgan fingerprint density at radius 3 is 2.80 bits per heavy atom. The Bertz CT molecular complexity index is 476. The number of alkyl halides is 1. The first-order chi connectivity index (χ1) is 9.61. The smallest absolute Gasteiger partial charge is 0.251 e. The number of hydrogen-bond acceptors (Lipinski definition) is 2. The van der Waals surface area contributed by atoms with Crippen LogP contribution >= 0.6 is 15.9 Å². The fraction of sp³-hybridized carbons (Fsp3) is 0.562. The van der Waals surface area contributed by atoms with Crippen molar-refractivity contribution in [3.05, 3.63) is 29.3 Å². The number of nitrogens with one attached hydrogen (secondary N) is 1. The van der Waals surface area contributed by atoms with Crippen LogP contribution in [0.3, 0.4) is 0 Å². The van der Waals surface area contributed by atoms with Crippen LogP contribution in [0.4, 0.5) is 0 Å². The quantitative estimate of drug-likeness (QED) is 0.671. The summed E-state index contributed by atoms with van der Waals surface area (Å²) in [6.45, 7) is 1.97. The topological polar surface area (TPSA) is 38.3 Å². The van der Waals surface area contributed by atoms with Gasteiger partial charge in [0.1, 0.15) is 5.75 Å². The van der Waals surface area contributed by atoms with Gasteiger partial charge in [-0.2, -0.15) is 0 Å². The molecule has 1 saturated carbocycles. The molecule has 4 heteroatoms. The first kappa shape index (κ1) is 15.4.